The van der Waals surface area contributed by atoms with Crippen molar-refractivity contribution in [3.63, 3.8) is 0 Å². The van der Waals surface area contributed by atoms with E-state index in [0.717, 1.165) is 55.9 Å². The van der Waals surface area contributed by atoms with E-state index >= 15 is 0 Å². The summed E-state index contributed by atoms with van der Waals surface area (Å²) in [5.74, 6) is 1.67. The predicted octanol–water partition coefficient (Wildman–Crippen LogP) is 3.62. The molecule has 6 heteroatoms. The first kappa shape index (κ1) is 17.5. The Morgan fingerprint density at radius 2 is 2.00 bits per heavy atom. The molecule has 28 heavy (non-hydrogen) atoms. The standard InChI is InChI=1S/C22H26N4O2.H2/c1-22(7-8-22)28-15-4-5-19(23)18(11-15)21(24)14-6-9-25-20(10-14)26-12-16-2-3-17(13-26)27-16;/h4-6,9-11,16-17,24H,2-3,7-8,12-13,23H2,1H3;1H. The first-order valence-electron chi connectivity index (χ1n) is 10.0. The largest absolute Gasteiger partial charge is 0.488 e. The van der Waals surface area contributed by atoms with Crippen LogP contribution in [0, 0.1) is 5.41 Å². The van der Waals surface area contributed by atoms with Crippen LogP contribution in [0.2, 0.25) is 0 Å². The van der Waals surface area contributed by atoms with E-state index in [2.05, 4.69) is 16.8 Å². The van der Waals surface area contributed by atoms with Gasteiger partial charge in [-0.05, 0) is 62.9 Å². The van der Waals surface area contributed by atoms with Crippen molar-refractivity contribution in [3.05, 3.63) is 47.7 Å². The maximum Gasteiger partial charge on any atom is 0.129 e. The molecule has 2 aromatic rings. The molecule has 3 heterocycles. The maximum absolute atomic E-state index is 8.75. The second kappa shape index (κ2) is 6.48. The Bertz CT molecular complexity index is 919. The minimum atomic E-state index is -0.0604. The van der Waals surface area contributed by atoms with Gasteiger partial charge in [-0.1, -0.05) is 0 Å². The number of fused-ring (bicyclic) bond motifs is 2. The highest BCUT2D eigenvalue weighted by atomic mass is 16.5. The highest BCUT2D eigenvalue weighted by molar-refractivity contribution is 6.14. The summed E-state index contributed by atoms with van der Waals surface area (Å²) >= 11 is 0. The number of nitrogen functional groups attached to an aromatic ring is 1. The summed E-state index contributed by atoms with van der Waals surface area (Å²) in [5, 5.41) is 8.75. The van der Waals surface area contributed by atoms with Crippen LogP contribution < -0.4 is 15.4 Å². The lowest BCUT2D eigenvalue weighted by Gasteiger charge is -2.33. The number of nitrogens with one attached hydrogen (secondary N) is 1. The first-order chi connectivity index (χ1) is 13.5. The molecule has 2 bridgehead atoms. The molecule has 0 spiro atoms. The first-order valence-corrected chi connectivity index (χ1v) is 10.0. The third kappa shape index (κ3) is 3.33. The number of benzene rings is 1. The molecule has 1 saturated carbocycles. The second-order valence-corrected chi connectivity index (χ2v) is 8.44. The van der Waals surface area contributed by atoms with Crippen LogP contribution >= 0.6 is 0 Å². The van der Waals surface area contributed by atoms with Crippen molar-refractivity contribution in [3.8, 4) is 5.75 Å². The van der Waals surface area contributed by atoms with E-state index < -0.39 is 0 Å². The Morgan fingerprint density at radius 1 is 1.25 bits per heavy atom. The smallest absolute Gasteiger partial charge is 0.129 e. The molecule has 1 aromatic heterocycles. The molecule has 2 unspecified atom stereocenters. The molecule has 3 N–H and O–H groups in total. The number of aromatic nitrogens is 1. The lowest BCUT2D eigenvalue weighted by Crippen LogP contribution is -2.43. The van der Waals surface area contributed by atoms with E-state index in [9.17, 15) is 0 Å². The highest BCUT2D eigenvalue weighted by Crippen LogP contribution is 2.40. The van der Waals surface area contributed by atoms with E-state index in [4.69, 9.17) is 20.6 Å². The van der Waals surface area contributed by atoms with Crippen molar-refractivity contribution >= 4 is 17.2 Å². The summed E-state index contributed by atoms with van der Waals surface area (Å²) < 4.78 is 12.0. The SMILES string of the molecule is CC1(Oc2ccc(N)c(C(=N)c3ccnc(N4CC5CCC(C4)O5)c3)c2)CC1.[HH]. The van der Waals surface area contributed by atoms with Crippen molar-refractivity contribution < 1.29 is 10.9 Å². The third-order valence-corrected chi connectivity index (χ3v) is 6.01. The molecule has 5 rings (SSSR count). The fraction of sp³-hybridized carbons (Fsp3) is 0.455. The molecule has 1 aromatic carbocycles. The van der Waals surface area contributed by atoms with Gasteiger partial charge in [-0.3, -0.25) is 5.41 Å². The topological polar surface area (TPSA) is 84.5 Å². The summed E-state index contributed by atoms with van der Waals surface area (Å²) in [5.41, 5.74) is 8.62. The van der Waals surface area contributed by atoms with Crippen molar-refractivity contribution in [1.29, 1.82) is 5.41 Å². The zero-order valence-corrected chi connectivity index (χ0v) is 16.1. The number of hydrogen-bond donors (Lipinski definition) is 2. The minimum Gasteiger partial charge on any atom is -0.488 e. The van der Waals surface area contributed by atoms with Crippen LogP contribution in [0.1, 0.15) is 45.2 Å². The molecular weight excluding hydrogens is 352 g/mol. The summed E-state index contributed by atoms with van der Waals surface area (Å²) in [6.07, 6.45) is 6.77. The highest BCUT2D eigenvalue weighted by Gasteiger charge is 2.40. The number of pyridine rings is 1. The lowest BCUT2D eigenvalue weighted by molar-refractivity contribution is 0.0302. The molecule has 2 aliphatic heterocycles. The molecule has 2 saturated heterocycles. The Morgan fingerprint density at radius 3 is 2.71 bits per heavy atom. The molecular formula is C22H28N4O2. The van der Waals surface area contributed by atoms with Gasteiger partial charge in [0, 0.05) is 37.5 Å². The molecule has 3 fully saturated rings. The van der Waals surface area contributed by atoms with E-state index in [1.807, 2.05) is 30.3 Å². The number of nitrogens with zero attached hydrogens (tertiary/aromatic N) is 2. The molecule has 0 amide bonds. The third-order valence-electron chi connectivity index (χ3n) is 6.01. The Labute approximate surface area is 166 Å². The molecule has 0 radical (unpaired) electrons. The second-order valence-electron chi connectivity index (χ2n) is 8.44. The monoisotopic (exact) mass is 380 g/mol. The van der Waals surface area contributed by atoms with Gasteiger partial charge in [0.1, 0.15) is 17.2 Å². The van der Waals surface area contributed by atoms with Crippen LogP contribution in [-0.2, 0) is 4.74 Å². The van der Waals surface area contributed by atoms with Gasteiger partial charge in [-0.2, -0.15) is 0 Å². The van der Waals surface area contributed by atoms with Gasteiger partial charge in [-0.25, -0.2) is 4.98 Å². The normalized spacial score (nSPS) is 24.8. The zero-order valence-electron chi connectivity index (χ0n) is 16.1. The number of morpholine rings is 1. The van der Waals surface area contributed by atoms with Crippen LogP contribution in [0.25, 0.3) is 0 Å². The van der Waals surface area contributed by atoms with Crippen molar-refractivity contribution in [2.75, 3.05) is 23.7 Å². The van der Waals surface area contributed by atoms with Gasteiger partial charge >= 0.3 is 0 Å². The minimum absolute atomic E-state index is 0. The number of ether oxygens (including phenoxy) is 2. The van der Waals surface area contributed by atoms with Crippen LogP contribution in [0.5, 0.6) is 5.75 Å². The van der Waals surface area contributed by atoms with Crippen LogP contribution in [0.4, 0.5) is 11.5 Å². The maximum atomic E-state index is 8.75. The quantitative estimate of drug-likeness (QED) is 0.611. The van der Waals surface area contributed by atoms with Gasteiger partial charge in [0.2, 0.25) is 0 Å². The van der Waals surface area contributed by atoms with Crippen molar-refractivity contribution in [2.24, 2.45) is 0 Å². The van der Waals surface area contributed by atoms with E-state index in [1.54, 1.807) is 6.20 Å². The fourth-order valence-corrected chi connectivity index (χ4v) is 4.08. The Balaban J connectivity index is 0.00000205. The van der Waals surface area contributed by atoms with Crippen LogP contribution in [0.15, 0.2) is 36.5 Å². The van der Waals surface area contributed by atoms with Gasteiger partial charge in [0.05, 0.1) is 17.9 Å². The average molecular weight is 380 g/mol. The zero-order chi connectivity index (χ0) is 19.3. The Kier molecular flexibility index (Phi) is 4.05. The lowest BCUT2D eigenvalue weighted by atomic mass is 10.0. The summed E-state index contributed by atoms with van der Waals surface area (Å²) in [4.78, 5) is 6.83. The summed E-state index contributed by atoms with van der Waals surface area (Å²) in [6.45, 7) is 3.84. The van der Waals surface area contributed by atoms with Crippen molar-refractivity contribution in [2.45, 2.75) is 50.4 Å². The Hall–Kier alpha value is -2.60. The van der Waals surface area contributed by atoms with E-state index in [1.165, 1.54) is 0 Å². The van der Waals surface area contributed by atoms with Gasteiger partial charge < -0.3 is 20.1 Å². The van der Waals surface area contributed by atoms with Gasteiger partial charge in [0.25, 0.3) is 0 Å². The van der Waals surface area contributed by atoms with E-state index in [-0.39, 0.29) is 7.03 Å². The molecule has 6 nitrogen and oxygen atoms in total. The summed E-state index contributed by atoms with van der Waals surface area (Å²) in [7, 11) is 0. The molecule has 2 atom stereocenters. The van der Waals surface area contributed by atoms with Crippen LogP contribution in [-0.4, -0.2) is 41.6 Å². The number of hydrogen-bond acceptors (Lipinski definition) is 6. The van der Waals surface area contributed by atoms with Crippen molar-refractivity contribution in [1.82, 2.24) is 4.98 Å². The van der Waals surface area contributed by atoms with Gasteiger partial charge in [-0.15, -0.1) is 0 Å². The molecule has 148 valence electrons. The fourth-order valence-electron chi connectivity index (χ4n) is 4.08. The number of rotatable bonds is 5. The van der Waals surface area contributed by atoms with Crippen LogP contribution in [0.3, 0.4) is 0 Å². The molecule has 1 aliphatic carbocycles. The predicted molar refractivity (Wildman–Crippen MR) is 112 cm³/mol. The average Bonchev–Trinajstić information content (AvgIpc) is 3.34. The van der Waals surface area contributed by atoms with Gasteiger partial charge in [0.15, 0.2) is 0 Å². The summed E-state index contributed by atoms with van der Waals surface area (Å²) in [6, 6.07) is 9.46. The molecule has 3 aliphatic rings. The number of nitrogens with two attached hydrogens (primary N) is 1. The van der Waals surface area contributed by atoms with E-state index in [0.29, 0.717) is 29.2 Å². The number of anilines is 2.